The Balaban J connectivity index is 2.31. The van der Waals surface area contributed by atoms with Gasteiger partial charge in [0.15, 0.2) is 0 Å². The fraction of sp³-hybridized carbons (Fsp3) is 0.267. The van der Waals surface area contributed by atoms with Gasteiger partial charge in [0.05, 0.1) is 7.11 Å². The number of hydrogen-bond donors (Lipinski definition) is 1. The van der Waals surface area contributed by atoms with Crippen molar-refractivity contribution in [2.45, 2.75) is 20.0 Å². The maximum Gasteiger partial charge on any atom is 0.118 e. The van der Waals surface area contributed by atoms with E-state index in [0.717, 1.165) is 28.3 Å². The summed E-state index contributed by atoms with van der Waals surface area (Å²) in [5, 5.41) is 10.3. The number of aromatic nitrogens is 1. The molecule has 1 heterocycles. The Morgan fingerprint density at radius 2 is 1.72 bits per heavy atom. The van der Waals surface area contributed by atoms with E-state index in [-0.39, 0.29) is 0 Å². The predicted octanol–water partition coefficient (Wildman–Crippen LogP) is 2.79. The van der Waals surface area contributed by atoms with Gasteiger partial charge in [-0.2, -0.15) is 0 Å². The number of benzene rings is 1. The van der Waals surface area contributed by atoms with Gasteiger partial charge in [-0.15, -0.1) is 0 Å². The van der Waals surface area contributed by atoms with Crippen molar-refractivity contribution in [1.29, 1.82) is 0 Å². The predicted molar refractivity (Wildman–Crippen MR) is 70.8 cm³/mol. The first-order valence-electron chi connectivity index (χ1n) is 5.88. The van der Waals surface area contributed by atoms with E-state index in [2.05, 4.69) is 4.98 Å². The van der Waals surface area contributed by atoms with Gasteiger partial charge in [0.25, 0.3) is 0 Å². The number of aliphatic hydroxyl groups excluding tert-OH is 1. The third-order valence-corrected chi connectivity index (χ3v) is 2.99. The van der Waals surface area contributed by atoms with Crippen molar-refractivity contribution in [2.75, 3.05) is 7.11 Å². The quantitative estimate of drug-likeness (QED) is 0.901. The molecule has 0 spiro atoms. The lowest BCUT2D eigenvalue weighted by atomic mass is 10.00. The standard InChI is InChI=1S/C15H17NO2/c1-10-4-9-14(11(2)16-10)15(17)12-5-7-13(18-3)8-6-12/h4-9,15,17H,1-3H3. The molecule has 3 nitrogen and oxygen atoms in total. The van der Waals surface area contributed by atoms with E-state index in [0.29, 0.717) is 0 Å². The number of rotatable bonds is 3. The van der Waals surface area contributed by atoms with Gasteiger partial charge in [0.1, 0.15) is 11.9 Å². The van der Waals surface area contributed by atoms with Crippen LogP contribution in [-0.2, 0) is 0 Å². The van der Waals surface area contributed by atoms with Crippen LogP contribution in [0.2, 0.25) is 0 Å². The molecule has 0 radical (unpaired) electrons. The summed E-state index contributed by atoms with van der Waals surface area (Å²) in [6.07, 6.45) is -0.649. The Kier molecular flexibility index (Phi) is 3.63. The van der Waals surface area contributed by atoms with Gasteiger partial charge in [0.2, 0.25) is 0 Å². The maximum atomic E-state index is 10.3. The van der Waals surface area contributed by atoms with E-state index in [1.54, 1.807) is 7.11 Å². The molecule has 18 heavy (non-hydrogen) atoms. The fourth-order valence-electron chi connectivity index (χ4n) is 1.95. The number of aliphatic hydroxyl groups is 1. The first-order chi connectivity index (χ1) is 8.61. The number of nitrogens with zero attached hydrogens (tertiary/aromatic N) is 1. The average molecular weight is 243 g/mol. The second kappa shape index (κ2) is 5.19. The van der Waals surface area contributed by atoms with Crippen LogP contribution >= 0.6 is 0 Å². The summed E-state index contributed by atoms with van der Waals surface area (Å²) in [5.74, 6) is 0.782. The lowest BCUT2D eigenvalue weighted by Gasteiger charge is -2.14. The SMILES string of the molecule is COc1ccc(C(O)c2ccc(C)nc2C)cc1. The highest BCUT2D eigenvalue weighted by atomic mass is 16.5. The highest BCUT2D eigenvalue weighted by Crippen LogP contribution is 2.25. The van der Waals surface area contributed by atoms with E-state index in [1.165, 1.54) is 0 Å². The van der Waals surface area contributed by atoms with Crippen LogP contribution in [0.5, 0.6) is 5.75 Å². The Labute approximate surface area is 107 Å². The summed E-state index contributed by atoms with van der Waals surface area (Å²) in [4.78, 5) is 4.37. The van der Waals surface area contributed by atoms with E-state index < -0.39 is 6.10 Å². The zero-order chi connectivity index (χ0) is 13.1. The topological polar surface area (TPSA) is 42.4 Å². The summed E-state index contributed by atoms with van der Waals surface area (Å²) < 4.78 is 5.10. The fourth-order valence-corrected chi connectivity index (χ4v) is 1.95. The van der Waals surface area contributed by atoms with Crippen LogP contribution in [0.4, 0.5) is 0 Å². The molecule has 1 N–H and O–H groups in total. The lowest BCUT2D eigenvalue weighted by Crippen LogP contribution is -2.04. The van der Waals surface area contributed by atoms with Crippen LogP contribution in [0.3, 0.4) is 0 Å². The highest BCUT2D eigenvalue weighted by molar-refractivity contribution is 5.35. The molecule has 0 aliphatic rings. The molecule has 0 aliphatic carbocycles. The molecule has 2 aromatic rings. The molecule has 0 saturated heterocycles. The van der Waals surface area contributed by atoms with Crippen molar-refractivity contribution in [1.82, 2.24) is 4.98 Å². The highest BCUT2D eigenvalue weighted by Gasteiger charge is 2.13. The minimum atomic E-state index is -0.649. The Bertz CT molecular complexity index is 535. The van der Waals surface area contributed by atoms with Crippen molar-refractivity contribution in [2.24, 2.45) is 0 Å². The van der Waals surface area contributed by atoms with E-state index in [9.17, 15) is 5.11 Å². The van der Waals surface area contributed by atoms with Gasteiger partial charge in [-0.05, 0) is 37.6 Å². The summed E-state index contributed by atoms with van der Waals surface area (Å²) >= 11 is 0. The van der Waals surface area contributed by atoms with Crippen LogP contribution < -0.4 is 4.74 Å². The zero-order valence-electron chi connectivity index (χ0n) is 10.8. The van der Waals surface area contributed by atoms with E-state index in [4.69, 9.17) is 4.74 Å². The first kappa shape index (κ1) is 12.6. The van der Waals surface area contributed by atoms with Gasteiger partial charge < -0.3 is 9.84 Å². The van der Waals surface area contributed by atoms with E-state index in [1.807, 2.05) is 50.2 Å². The van der Waals surface area contributed by atoms with Gasteiger partial charge in [-0.1, -0.05) is 18.2 Å². The largest absolute Gasteiger partial charge is 0.497 e. The molecule has 3 heteroatoms. The van der Waals surface area contributed by atoms with Crippen molar-refractivity contribution < 1.29 is 9.84 Å². The molecule has 1 aromatic carbocycles. The normalized spacial score (nSPS) is 12.2. The second-order valence-corrected chi connectivity index (χ2v) is 4.30. The average Bonchev–Trinajstić information content (AvgIpc) is 2.38. The van der Waals surface area contributed by atoms with E-state index >= 15 is 0 Å². The van der Waals surface area contributed by atoms with Crippen molar-refractivity contribution in [3.05, 3.63) is 58.9 Å². The van der Waals surface area contributed by atoms with Crippen molar-refractivity contribution in [3.63, 3.8) is 0 Å². The lowest BCUT2D eigenvalue weighted by molar-refractivity contribution is 0.219. The molecular formula is C15H17NO2. The Morgan fingerprint density at radius 3 is 2.28 bits per heavy atom. The molecular weight excluding hydrogens is 226 g/mol. The molecule has 1 unspecified atom stereocenters. The summed E-state index contributed by atoms with van der Waals surface area (Å²) in [6, 6.07) is 11.2. The summed E-state index contributed by atoms with van der Waals surface area (Å²) in [7, 11) is 1.62. The van der Waals surface area contributed by atoms with Crippen molar-refractivity contribution >= 4 is 0 Å². The number of aryl methyl sites for hydroxylation is 2. The van der Waals surface area contributed by atoms with Crippen LogP contribution in [-0.4, -0.2) is 17.2 Å². The second-order valence-electron chi connectivity index (χ2n) is 4.30. The smallest absolute Gasteiger partial charge is 0.118 e. The van der Waals surface area contributed by atoms with Gasteiger partial charge >= 0.3 is 0 Å². The van der Waals surface area contributed by atoms with Gasteiger partial charge in [0, 0.05) is 17.0 Å². The molecule has 1 aromatic heterocycles. The number of ether oxygens (including phenoxy) is 1. The zero-order valence-corrected chi connectivity index (χ0v) is 10.8. The minimum absolute atomic E-state index is 0.649. The monoisotopic (exact) mass is 243 g/mol. The molecule has 0 saturated carbocycles. The molecule has 0 bridgehead atoms. The molecule has 0 aliphatic heterocycles. The molecule has 94 valence electrons. The van der Waals surface area contributed by atoms with Gasteiger partial charge in [-0.25, -0.2) is 0 Å². The molecule has 0 amide bonds. The van der Waals surface area contributed by atoms with Crippen LogP contribution in [0, 0.1) is 13.8 Å². The van der Waals surface area contributed by atoms with Gasteiger partial charge in [-0.3, -0.25) is 4.98 Å². The Morgan fingerprint density at radius 1 is 1.06 bits per heavy atom. The molecule has 2 rings (SSSR count). The third kappa shape index (κ3) is 2.51. The van der Waals surface area contributed by atoms with Crippen LogP contribution in [0.25, 0.3) is 0 Å². The van der Waals surface area contributed by atoms with Crippen LogP contribution in [0.1, 0.15) is 28.6 Å². The minimum Gasteiger partial charge on any atom is -0.497 e. The Hall–Kier alpha value is -1.87. The third-order valence-electron chi connectivity index (χ3n) is 2.99. The maximum absolute atomic E-state index is 10.3. The number of methoxy groups -OCH3 is 1. The van der Waals surface area contributed by atoms with Crippen LogP contribution in [0.15, 0.2) is 36.4 Å². The number of hydrogen-bond acceptors (Lipinski definition) is 3. The van der Waals surface area contributed by atoms with Crippen molar-refractivity contribution in [3.8, 4) is 5.75 Å². The first-order valence-corrected chi connectivity index (χ1v) is 5.88. The number of pyridine rings is 1. The summed E-state index contributed by atoms with van der Waals surface area (Å²) in [5.41, 5.74) is 3.49. The molecule has 0 fully saturated rings. The molecule has 1 atom stereocenters. The summed E-state index contributed by atoms with van der Waals surface area (Å²) in [6.45, 7) is 3.85.